The zero-order chi connectivity index (χ0) is 20.0. The molecule has 5 rings (SSSR count). The van der Waals surface area contributed by atoms with Crippen LogP contribution in [-0.2, 0) is 11.3 Å². The lowest BCUT2D eigenvalue weighted by Gasteiger charge is -2.14. The fourth-order valence-electron chi connectivity index (χ4n) is 3.28. The van der Waals surface area contributed by atoms with Gasteiger partial charge in [0.05, 0.1) is 40.2 Å². The van der Waals surface area contributed by atoms with E-state index in [0.717, 1.165) is 33.7 Å². The van der Waals surface area contributed by atoms with Crippen molar-refractivity contribution >= 4 is 52.0 Å². The number of carbonyl (C=O) groups excluding carboxylic acids is 1. The van der Waals surface area contributed by atoms with E-state index < -0.39 is 0 Å². The van der Waals surface area contributed by atoms with Gasteiger partial charge < -0.3 is 25.1 Å². The Morgan fingerprint density at radius 2 is 2.10 bits per heavy atom. The summed E-state index contributed by atoms with van der Waals surface area (Å²) in [5.74, 6) is 0.330. The predicted molar refractivity (Wildman–Crippen MR) is 112 cm³/mol. The van der Waals surface area contributed by atoms with E-state index in [1.54, 1.807) is 4.57 Å². The summed E-state index contributed by atoms with van der Waals surface area (Å²) in [5, 5.41) is 10.5. The number of nitrogen functional groups attached to an aromatic ring is 1. The normalized spacial score (nSPS) is 12.4. The summed E-state index contributed by atoms with van der Waals surface area (Å²) in [4.78, 5) is 17.5. The molecule has 0 aliphatic carbocycles. The summed E-state index contributed by atoms with van der Waals surface area (Å²) in [7, 11) is 0. The first-order chi connectivity index (χ1) is 14.1. The van der Waals surface area contributed by atoms with Gasteiger partial charge in [-0.25, -0.2) is 9.61 Å². The van der Waals surface area contributed by atoms with Crippen molar-refractivity contribution in [2.45, 2.75) is 13.5 Å². The maximum atomic E-state index is 13.0. The van der Waals surface area contributed by atoms with Gasteiger partial charge in [-0.05, 0) is 41.0 Å². The quantitative estimate of drug-likeness (QED) is 0.376. The van der Waals surface area contributed by atoms with E-state index in [9.17, 15) is 4.79 Å². The van der Waals surface area contributed by atoms with Gasteiger partial charge in [0.2, 0.25) is 5.91 Å². The van der Waals surface area contributed by atoms with Crippen LogP contribution in [0.4, 0.5) is 22.9 Å². The minimum atomic E-state index is -0.209. The molecule has 0 spiro atoms. The number of aryl methyl sites for hydroxylation is 1. The fraction of sp³-hybridized carbons (Fsp3) is 0.111. The molecule has 10 nitrogen and oxygen atoms in total. The molecule has 3 heterocycles. The minimum Gasteiger partial charge on any atom is -0.379 e. The lowest BCUT2D eigenvalue weighted by Crippen LogP contribution is -2.20. The lowest BCUT2D eigenvalue weighted by atomic mass is 10.1. The third kappa shape index (κ3) is 2.91. The van der Waals surface area contributed by atoms with Gasteiger partial charge in [-0.1, -0.05) is 18.2 Å². The van der Waals surface area contributed by atoms with E-state index in [1.807, 2.05) is 43.3 Å². The highest BCUT2D eigenvalue weighted by molar-refractivity contribution is 8.02. The van der Waals surface area contributed by atoms with E-state index in [1.165, 1.54) is 12.1 Å². The van der Waals surface area contributed by atoms with E-state index >= 15 is 0 Å². The van der Waals surface area contributed by atoms with E-state index in [-0.39, 0.29) is 18.3 Å². The molecular weight excluding hydrogens is 392 g/mol. The molecule has 0 unspecified atom stereocenters. The Morgan fingerprint density at radius 3 is 2.93 bits per heavy atom. The first kappa shape index (κ1) is 17.4. The highest BCUT2D eigenvalue weighted by Crippen LogP contribution is 2.41. The molecule has 0 atom stereocenters. The van der Waals surface area contributed by atoms with Gasteiger partial charge in [-0.15, -0.1) is 0 Å². The van der Waals surface area contributed by atoms with Crippen LogP contribution in [-0.4, -0.2) is 25.8 Å². The molecular formula is C18H16N8O2S. The molecule has 1 amide bonds. The summed E-state index contributed by atoms with van der Waals surface area (Å²) >= 11 is 1.36. The number of para-hydroxylation sites is 2. The Bertz CT molecular complexity index is 1250. The van der Waals surface area contributed by atoms with Gasteiger partial charge >= 0.3 is 0 Å². The first-order valence-corrected chi connectivity index (χ1v) is 9.58. The Morgan fingerprint density at radius 1 is 1.24 bits per heavy atom. The van der Waals surface area contributed by atoms with Crippen LogP contribution < -0.4 is 20.5 Å². The molecule has 0 radical (unpaired) electrons. The Kier molecular flexibility index (Phi) is 4.02. The molecule has 0 bridgehead atoms. The fourth-order valence-corrected chi connectivity index (χ4v) is 3.93. The molecule has 146 valence electrons. The Balaban J connectivity index is 1.52. The molecule has 5 N–H and O–H groups in total. The van der Waals surface area contributed by atoms with Crippen molar-refractivity contribution in [2.24, 2.45) is 0 Å². The van der Waals surface area contributed by atoms with Crippen molar-refractivity contribution in [1.29, 1.82) is 0 Å². The number of hydrogen-bond donors (Lipinski definition) is 4. The van der Waals surface area contributed by atoms with Crippen molar-refractivity contribution in [1.82, 2.24) is 19.9 Å². The van der Waals surface area contributed by atoms with Crippen molar-refractivity contribution in [2.75, 3.05) is 20.5 Å². The summed E-state index contributed by atoms with van der Waals surface area (Å²) in [5.41, 5.74) is 11.1. The second-order valence-corrected chi connectivity index (χ2v) is 7.16. The van der Waals surface area contributed by atoms with Crippen LogP contribution in [0.3, 0.4) is 0 Å². The Hall–Kier alpha value is -3.73. The maximum Gasteiger partial charge on any atom is 0.244 e. The number of carbonyl (C=O) groups is 1. The van der Waals surface area contributed by atoms with Gasteiger partial charge in [-0.2, -0.15) is 0 Å². The highest BCUT2D eigenvalue weighted by atomic mass is 32.2. The monoisotopic (exact) mass is 408 g/mol. The van der Waals surface area contributed by atoms with Crippen LogP contribution in [0.1, 0.15) is 5.56 Å². The number of fused-ring (bicyclic) bond motifs is 2. The molecule has 2 aromatic carbocycles. The summed E-state index contributed by atoms with van der Waals surface area (Å²) in [6.45, 7) is 1.96. The SMILES string of the molecule is Cc1ccc2c(c1NC(=O)Cn1c(-c3nonc3N)nc3ccccc31)NSN2. The van der Waals surface area contributed by atoms with Crippen LogP contribution in [0.25, 0.3) is 22.6 Å². The largest absolute Gasteiger partial charge is 0.379 e. The lowest BCUT2D eigenvalue weighted by molar-refractivity contribution is -0.116. The number of anilines is 4. The number of aromatic nitrogens is 4. The summed E-state index contributed by atoms with van der Waals surface area (Å²) in [6.07, 6.45) is 0. The van der Waals surface area contributed by atoms with Crippen LogP contribution >= 0.6 is 12.1 Å². The molecule has 0 saturated carbocycles. The molecule has 1 aliphatic heterocycles. The van der Waals surface area contributed by atoms with Gasteiger partial charge in [0.15, 0.2) is 17.3 Å². The smallest absolute Gasteiger partial charge is 0.244 e. The number of rotatable bonds is 4. The number of amides is 1. The topological polar surface area (TPSA) is 136 Å². The van der Waals surface area contributed by atoms with E-state index in [2.05, 4.69) is 30.1 Å². The third-order valence-electron chi connectivity index (χ3n) is 4.67. The first-order valence-electron chi connectivity index (χ1n) is 8.77. The number of nitrogens with two attached hydrogens (primary N) is 1. The van der Waals surface area contributed by atoms with Crippen LogP contribution in [0.2, 0.25) is 0 Å². The zero-order valence-corrected chi connectivity index (χ0v) is 16.1. The molecule has 1 aliphatic rings. The van der Waals surface area contributed by atoms with E-state index in [4.69, 9.17) is 10.4 Å². The average molecular weight is 408 g/mol. The summed E-state index contributed by atoms with van der Waals surface area (Å²) < 4.78 is 12.8. The molecule has 0 fully saturated rings. The van der Waals surface area contributed by atoms with Crippen molar-refractivity contribution in [3.63, 3.8) is 0 Å². The maximum absolute atomic E-state index is 13.0. The van der Waals surface area contributed by atoms with Gasteiger partial charge in [0, 0.05) is 0 Å². The van der Waals surface area contributed by atoms with Crippen molar-refractivity contribution in [3.8, 4) is 11.5 Å². The summed E-state index contributed by atoms with van der Waals surface area (Å²) in [6, 6.07) is 11.4. The van der Waals surface area contributed by atoms with Gasteiger partial charge in [0.25, 0.3) is 0 Å². The number of benzene rings is 2. The second-order valence-electron chi connectivity index (χ2n) is 6.54. The molecule has 0 saturated heterocycles. The van der Waals surface area contributed by atoms with Crippen molar-refractivity contribution < 1.29 is 9.42 Å². The van der Waals surface area contributed by atoms with Crippen LogP contribution in [0.15, 0.2) is 41.0 Å². The van der Waals surface area contributed by atoms with Crippen LogP contribution in [0, 0.1) is 6.92 Å². The number of nitrogens with one attached hydrogen (secondary N) is 3. The molecule has 29 heavy (non-hydrogen) atoms. The second kappa shape index (κ2) is 6.71. The highest BCUT2D eigenvalue weighted by Gasteiger charge is 2.22. The van der Waals surface area contributed by atoms with Crippen molar-refractivity contribution in [3.05, 3.63) is 42.0 Å². The van der Waals surface area contributed by atoms with Gasteiger partial charge in [0.1, 0.15) is 6.54 Å². The number of nitrogens with zero attached hydrogens (tertiary/aromatic N) is 4. The molecule has 2 aromatic heterocycles. The standard InChI is InChI=1S/C18H16N8O2S/c1-9-6-7-11-15(25-29-24-11)14(9)21-13(27)8-26-12-5-3-2-4-10(12)20-18(26)16-17(19)23-28-22-16/h2-7,24-25H,8H2,1H3,(H2,19,23)(H,21,27). The number of hydrogen-bond acceptors (Lipinski definition) is 9. The average Bonchev–Trinajstić information content (AvgIpc) is 3.43. The Labute approximate surface area is 169 Å². The third-order valence-corrected chi connectivity index (χ3v) is 5.30. The zero-order valence-electron chi connectivity index (χ0n) is 15.3. The predicted octanol–water partition coefficient (Wildman–Crippen LogP) is 3.02. The molecule has 11 heteroatoms. The van der Waals surface area contributed by atoms with Crippen LogP contribution in [0.5, 0.6) is 0 Å². The van der Waals surface area contributed by atoms with Gasteiger partial charge in [-0.3, -0.25) is 4.79 Å². The molecule has 4 aromatic rings. The van der Waals surface area contributed by atoms with E-state index in [0.29, 0.717) is 11.5 Å². The number of imidazole rings is 1. The minimum absolute atomic E-state index is 0.0197.